The van der Waals surface area contributed by atoms with E-state index in [0.717, 1.165) is 49.3 Å². The molecule has 3 heterocycles. The lowest BCUT2D eigenvalue weighted by Gasteiger charge is -2.37. The van der Waals surface area contributed by atoms with Crippen LogP contribution < -0.4 is 10.2 Å². The number of nitrogens with one attached hydrogen (secondary N) is 1. The summed E-state index contributed by atoms with van der Waals surface area (Å²) in [5, 5.41) is 11.5. The average Bonchev–Trinajstić information content (AvgIpc) is 2.66. The molecule has 28 heavy (non-hydrogen) atoms. The topological polar surface area (TPSA) is 94.4 Å². The second kappa shape index (κ2) is 9.94. The molecular formula is C19H30N6O2S. The molecule has 8 nitrogen and oxygen atoms in total. The Kier molecular flexibility index (Phi) is 7.89. The number of rotatable bonds is 2. The molecule has 2 aliphatic heterocycles. The molecule has 154 valence electrons. The Balaban J connectivity index is 0.000000878. The molecule has 2 aliphatic rings. The van der Waals surface area contributed by atoms with E-state index in [1.165, 1.54) is 12.5 Å². The van der Waals surface area contributed by atoms with Gasteiger partial charge in [-0.2, -0.15) is 5.26 Å². The van der Waals surface area contributed by atoms with Gasteiger partial charge < -0.3 is 19.9 Å². The van der Waals surface area contributed by atoms with E-state index < -0.39 is 5.60 Å². The molecule has 0 unspecified atom stereocenters. The van der Waals surface area contributed by atoms with Crippen LogP contribution in [-0.2, 0) is 17.7 Å². The van der Waals surface area contributed by atoms with Gasteiger partial charge in [0.05, 0.1) is 11.8 Å². The van der Waals surface area contributed by atoms with Crippen molar-refractivity contribution in [2.75, 3.05) is 43.9 Å². The van der Waals surface area contributed by atoms with Gasteiger partial charge in [0.1, 0.15) is 11.4 Å². The maximum Gasteiger partial charge on any atom is 0.410 e. The number of thioether (sulfide) groups is 1. The molecule has 1 amide bonds. The molecule has 1 saturated heterocycles. The third-order valence-electron chi connectivity index (χ3n) is 4.31. The molecule has 0 saturated carbocycles. The summed E-state index contributed by atoms with van der Waals surface area (Å²) in [7, 11) is 0. The van der Waals surface area contributed by atoms with Crippen LogP contribution in [0.4, 0.5) is 10.6 Å². The quantitative estimate of drug-likeness (QED) is 0.591. The molecule has 0 aliphatic carbocycles. The molecule has 3 rings (SSSR count). The van der Waals surface area contributed by atoms with Gasteiger partial charge in [-0.15, -0.1) is 0 Å². The number of hydrogen-bond acceptors (Lipinski definition) is 8. The Labute approximate surface area is 171 Å². The number of carbonyl (C=O) groups excluding carboxylic acids is 1. The molecule has 1 aromatic heterocycles. The lowest BCUT2D eigenvalue weighted by atomic mass is 10.1. The van der Waals surface area contributed by atoms with Crippen LogP contribution in [0.2, 0.25) is 0 Å². The molecule has 9 heteroatoms. The Morgan fingerprint density at radius 2 is 1.89 bits per heavy atom. The second-order valence-corrected chi connectivity index (χ2v) is 8.34. The predicted molar refractivity (Wildman–Crippen MR) is 111 cm³/mol. The van der Waals surface area contributed by atoms with Crippen molar-refractivity contribution in [1.82, 2.24) is 20.2 Å². The zero-order valence-corrected chi connectivity index (χ0v) is 18.2. The molecule has 0 spiro atoms. The van der Waals surface area contributed by atoms with Crippen molar-refractivity contribution in [2.45, 2.75) is 51.4 Å². The van der Waals surface area contributed by atoms with Gasteiger partial charge in [0.2, 0.25) is 0 Å². The molecule has 1 fully saturated rings. The first kappa shape index (κ1) is 22.2. The zero-order chi connectivity index (χ0) is 20.7. The molecule has 1 N–H and O–H groups in total. The number of nitrogens with zero attached hydrogens (tertiary/aromatic N) is 5. The highest BCUT2D eigenvalue weighted by atomic mass is 32.2. The summed E-state index contributed by atoms with van der Waals surface area (Å²) in [6, 6.07) is 1.75. The Morgan fingerprint density at radius 1 is 1.25 bits per heavy atom. The van der Waals surface area contributed by atoms with E-state index in [1.54, 1.807) is 22.7 Å². The van der Waals surface area contributed by atoms with Crippen LogP contribution in [0.25, 0.3) is 0 Å². The highest BCUT2D eigenvalue weighted by molar-refractivity contribution is 7.98. The van der Waals surface area contributed by atoms with Crippen molar-refractivity contribution in [2.24, 2.45) is 0 Å². The van der Waals surface area contributed by atoms with Crippen LogP contribution in [0.1, 0.15) is 39.0 Å². The number of aromatic nitrogens is 2. The smallest absolute Gasteiger partial charge is 0.410 e. The summed E-state index contributed by atoms with van der Waals surface area (Å²) in [6.07, 6.45) is 2.72. The normalized spacial score (nSPS) is 16.4. The monoisotopic (exact) mass is 406 g/mol. The number of nitriles is 1. The minimum Gasteiger partial charge on any atom is -0.444 e. The Hall–Kier alpha value is -2.05. The van der Waals surface area contributed by atoms with Crippen LogP contribution in [0, 0.1) is 11.3 Å². The Bertz CT molecular complexity index is 720. The highest BCUT2D eigenvalue weighted by Crippen LogP contribution is 2.27. The van der Waals surface area contributed by atoms with Gasteiger partial charge in [0, 0.05) is 45.2 Å². The summed E-state index contributed by atoms with van der Waals surface area (Å²) in [5.74, 6) is 1.04. The summed E-state index contributed by atoms with van der Waals surface area (Å²) in [4.78, 5) is 25.7. The van der Waals surface area contributed by atoms with Crippen LogP contribution in [0.3, 0.4) is 0 Å². The fraction of sp³-hybridized carbons (Fsp3) is 0.684. The summed E-state index contributed by atoms with van der Waals surface area (Å²) in [5.41, 5.74) is 1.90. The van der Waals surface area contributed by atoms with Gasteiger partial charge in [-0.05, 0) is 40.0 Å². The summed E-state index contributed by atoms with van der Waals surface area (Å²) in [6.45, 7) is 11.7. The number of fused-ring (bicyclic) bond motifs is 1. The fourth-order valence-electron chi connectivity index (χ4n) is 3.10. The SMILES string of the molecule is CC#N.CSc1nc2c(c(N3CCN(C(=O)OC(C)(C)C)CC3)n1)CCNC2. The second-order valence-electron chi connectivity index (χ2n) is 7.56. The van der Waals surface area contributed by atoms with Gasteiger partial charge in [-0.3, -0.25) is 0 Å². The van der Waals surface area contributed by atoms with Crippen molar-refractivity contribution in [3.63, 3.8) is 0 Å². The van der Waals surface area contributed by atoms with Crippen LogP contribution in [-0.4, -0.2) is 65.5 Å². The third-order valence-corrected chi connectivity index (χ3v) is 4.86. The van der Waals surface area contributed by atoms with Crippen LogP contribution >= 0.6 is 11.8 Å². The van der Waals surface area contributed by atoms with Crippen molar-refractivity contribution in [1.29, 1.82) is 5.26 Å². The Morgan fingerprint density at radius 3 is 2.46 bits per heavy atom. The summed E-state index contributed by atoms with van der Waals surface area (Å²) < 4.78 is 5.48. The predicted octanol–water partition coefficient (Wildman–Crippen LogP) is 2.43. The van der Waals surface area contributed by atoms with Gasteiger partial charge in [0.15, 0.2) is 5.16 Å². The van der Waals surface area contributed by atoms with E-state index in [1.807, 2.05) is 27.0 Å². The number of piperazine rings is 1. The highest BCUT2D eigenvalue weighted by Gasteiger charge is 2.28. The van der Waals surface area contributed by atoms with Crippen LogP contribution in [0.5, 0.6) is 0 Å². The van der Waals surface area contributed by atoms with E-state index in [9.17, 15) is 4.79 Å². The minimum absolute atomic E-state index is 0.231. The van der Waals surface area contributed by atoms with Crippen molar-refractivity contribution >= 4 is 23.7 Å². The van der Waals surface area contributed by atoms with Crippen molar-refractivity contribution in [3.8, 4) is 6.07 Å². The molecular weight excluding hydrogens is 376 g/mol. The van der Waals surface area contributed by atoms with Crippen molar-refractivity contribution in [3.05, 3.63) is 11.3 Å². The van der Waals surface area contributed by atoms with Gasteiger partial charge in [-0.1, -0.05) is 11.8 Å². The van der Waals surface area contributed by atoms with Crippen molar-refractivity contribution < 1.29 is 9.53 Å². The fourth-order valence-corrected chi connectivity index (χ4v) is 3.48. The number of carbonyl (C=O) groups is 1. The van der Waals surface area contributed by atoms with E-state index in [-0.39, 0.29) is 6.09 Å². The van der Waals surface area contributed by atoms with E-state index in [2.05, 4.69) is 15.2 Å². The number of anilines is 1. The maximum absolute atomic E-state index is 12.2. The maximum atomic E-state index is 12.2. The number of amides is 1. The van der Waals surface area contributed by atoms with E-state index in [0.29, 0.717) is 13.1 Å². The molecule has 0 radical (unpaired) electrons. The zero-order valence-electron chi connectivity index (χ0n) is 17.4. The lowest BCUT2D eigenvalue weighted by molar-refractivity contribution is 0.0240. The first-order valence-corrected chi connectivity index (χ1v) is 10.7. The molecule has 0 atom stereocenters. The third kappa shape index (κ3) is 5.97. The van der Waals surface area contributed by atoms with Gasteiger partial charge in [0.25, 0.3) is 0 Å². The minimum atomic E-state index is -0.458. The first-order chi connectivity index (χ1) is 13.3. The van der Waals surface area contributed by atoms with E-state index in [4.69, 9.17) is 15.0 Å². The molecule has 0 bridgehead atoms. The van der Waals surface area contributed by atoms with E-state index >= 15 is 0 Å². The lowest BCUT2D eigenvalue weighted by Crippen LogP contribution is -2.50. The summed E-state index contributed by atoms with van der Waals surface area (Å²) >= 11 is 1.57. The largest absolute Gasteiger partial charge is 0.444 e. The standard InChI is InChI=1S/C17H27N5O2S.C2H3N/c1-17(2,3)24-16(23)22-9-7-21(8-10-22)14-12-5-6-18-11-13(12)19-15(20-14)25-4;1-2-3/h18H,5-11H2,1-4H3;1H3. The van der Waals surface area contributed by atoms with Crippen LogP contribution in [0.15, 0.2) is 5.16 Å². The first-order valence-electron chi connectivity index (χ1n) is 9.47. The molecule has 1 aromatic rings. The average molecular weight is 407 g/mol. The van der Waals surface area contributed by atoms with Gasteiger partial charge >= 0.3 is 6.09 Å². The number of hydrogen-bond donors (Lipinski definition) is 1. The number of ether oxygens (including phenoxy) is 1. The molecule has 0 aromatic carbocycles. The van der Waals surface area contributed by atoms with Gasteiger partial charge in [-0.25, -0.2) is 14.8 Å².